The van der Waals surface area contributed by atoms with Crippen LogP contribution in [0.15, 0.2) is 18.2 Å². The number of benzene rings is 1. The monoisotopic (exact) mass is 389 g/mol. The van der Waals surface area contributed by atoms with E-state index in [9.17, 15) is 48.7 Å². The van der Waals surface area contributed by atoms with Crippen molar-refractivity contribution < 1.29 is 58.2 Å². The highest BCUT2D eigenvalue weighted by Crippen LogP contribution is 2.42. The van der Waals surface area contributed by atoms with E-state index in [0.29, 0.717) is 0 Å². The Labute approximate surface area is 131 Å². The Morgan fingerprint density at radius 1 is 0.800 bits per heavy atom. The van der Waals surface area contributed by atoms with E-state index in [1.807, 2.05) is 0 Å². The summed E-state index contributed by atoms with van der Waals surface area (Å²) in [4.78, 5) is 10.3. The third-order valence-corrected chi connectivity index (χ3v) is 2.31. The number of nitrogens with one attached hydrogen (secondary N) is 1. The molecule has 0 fully saturated rings. The van der Waals surface area contributed by atoms with E-state index in [0.717, 1.165) is 0 Å². The zero-order valence-electron chi connectivity index (χ0n) is 11.3. The van der Waals surface area contributed by atoms with E-state index in [1.54, 1.807) is 0 Å². The fourth-order valence-electron chi connectivity index (χ4n) is 1.24. The molecule has 0 spiro atoms. The molecular weight excluding hydrogens is 384 g/mol. The van der Waals surface area contributed by atoms with Crippen LogP contribution in [0.3, 0.4) is 0 Å². The first kappa shape index (κ1) is 20.6. The van der Waals surface area contributed by atoms with Gasteiger partial charge in [0.15, 0.2) is 5.75 Å². The third-order valence-electron chi connectivity index (χ3n) is 2.31. The van der Waals surface area contributed by atoms with Crippen LogP contribution in [-0.2, 0) is 4.79 Å². The maximum absolute atomic E-state index is 12.8. The standard InChI is InChI=1S/C11H5F10NO3/c12-8(13,14)10(18,19)24-5-1-2-7(6(3-5)22-4-23)25-11(20,21)9(15,16)17/h1-4H,(H,22,23). The number of carbonyl (C=O) groups is 1. The predicted octanol–water partition coefficient (Wildman–Crippen LogP) is 4.32. The van der Waals surface area contributed by atoms with E-state index in [2.05, 4.69) is 9.47 Å². The summed E-state index contributed by atoms with van der Waals surface area (Å²) in [7, 11) is 0. The van der Waals surface area contributed by atoms with Gasteiger partial charge in [-0.15, -0.1) is 0 Å². The second kappa shape index (κ2) is 6.48. The molecule has 0 heterocycles. The Hall–Kier alpha value is -2.41. The number of alkyl halides is 10. The minimum absolute atomic E-state index is 0.135. The highest BCUT2D eigenvalue weighted by atomic mass is 19.4. The van der Waals surface area contributed by atoms with Gasteiger partial charge in [-0.3, -0.25) is 4.79 Å². The van der Waals surface area contributed by atoms with Gasteiger partial charge in [0.05, 0.1) is 5.69 Å². The number of hydrogen-bond donors (Lipinski definition) is 1. The highest BCUT2D eigenvalue weighted by Gasteiger charge is 2.62. The Morgan fingerprint density at radius 3 is 1.72 bits per heavy atom. The lowest BCUT2D eigenvalue weighted by Crippen LogP contribution is -2.42. The SMILES string of the molecule is O=CNc1cc(OC(F)(F)C(F)(F)F)ccc1OC(F)(F)C(F)(F)F. The Morgan fingerprint density at radius 2 is 1.28 bits per heavy atom. The Bertz CT molecular complexity index is 626. The second-order valence-corrected chi connectivity index (χ2v) is 4.15. The minimum atomic E-state index is -6.16. The molecule has 0 radical (unpaired) electrons. The molecule has 4 nitrogen and oxygen atoms in total. The van der Waals surface area contributed by atoms with Crippen LogP contribution in [0.1, 0.15) is 0 Å². The molecule has 14 heteroatoms. The molecule has 0 saturated carbocycles. The van der Waals surface area contributed by atoms with Crippen molar-refractivity contribution in [3.8, 4) is 11.5 Å². The first-order valence-electron chi connectivity index (χ1n) is 5.72. The van der Waals surface area contributed by atoms with Crippen LogP contribution < -0.4 is 14.8 Å². The maximum atomic E-state index is 12.8. The normalized spacial score (nSPS) is 13.4. The number of carbonyl (C=O) groups excluding carboxylic acids is 1. The van der Waals surface area contributed by atoms with Crippen LogP contribution in [-0.4, -0.2) is 31.0 Å². The van der Waals surface area contributed by atoms with Crippen LogP contribution >= 0.6 is 0 Å². The first-order chi connectivity index (χ1) is 11.1. The summed E-state index contributed by atoms with van der Waals surface area (Å²) in [5.41, 5.74) is -1.07. The topological polar surface area (TPSA) is 47.6 Å². The van der Waals surface area contributed by atoms with Gasteiger partial charge >= 0.3 is 24.6 Å². The van der Waals surface area contributed by atoms with Gasteiger partial charge in [0.1, 0.15) is 5.75 Å². The number of anilines is 1. The minimum Gasteiger partial charge on any atom is -0.426 e. The van der Waals surface area contributed by atoms with E-state index in [-0.39, 0.29) is 24.6 Å². The molecule has 1 aromatic carbocycles. The molecule has 0 unspecified atom stereocenters. The van der Waals surface area contributed by atoms with Crippen LogP contribution in [0.5, 0.6) is 11.5 Å². The highest BCUT2D eigenvalue weighted by molar-refractivity contribution is 5.76. The summed E-state index contributed by atoms with van der Waals surface area (Å²) < 4.78 is 130. The van der Waals surface area contributed by atoms with Crippen molar-refractivity contribution in [1.29, 1.82) is 0 Å². The van der Waals surface area contributed by atoms with Gasteiger partial charge in [0, 0.05) is 6.07 Å². The summed E-state index contributed by atoms with van der Waals surface area (Å²) in [6.45, 7) is 0. The molecule has 0 atom stereocenters. The van der Waals surface area contributed by atoms with Gasteiger partial charge in [0.2, 0.25) is 6.41 Å². The van der Waals surface area contributed by atoms with Gasteiger partial charge in [0.25, 0.3) is 0 Å². The van der Waals surface area contributed by atoms with Crippen LogP contribution in [0.4, 0.5) is 49.6 Å². The summed E-state index contributed by atoms with van der Waals surface area (Å²) in [5, 5.41) is 1.50. The molecule has 0 aromatic heterocycles. The quantitative estimate of drug-likeness (QED) is 0.582. The van der Waals surface area contributed by atoms with Gasteiger partial charge in [-0.05, 0) is 12.1 Å². The van der Waals surface area contributed by atoms with Gasteiger partial charge < -0.3 is 14.8 Å². The second-order valence-electron chi connectivity index (χ2n) is 4.15. The van der Waals surface area contributed by atoms with Crippen LogP contribution in [0.25, 0.3) is 0 Å². The maximum Gasteiger partial charge on any atom is 0.499 e. The number of hydrogen-bond acceptors (Lipinski definition) is 3. The lowest BCUT2D eigenvalue weighted by Gasteiger charge is -2.23. The molecule has 0 aliphatic heterocycles. The van der Waals surface area contributed by atoms with Crippen molar-refractivity contribution >= 4 is 12.1 Å². The lowest BCUT2D eigenvalue weighted by atomic mass is 10.2. The fraction of sp³-hybridized carbons (Fsp3) is 0.364. The molecule has 25 heavy (non-hydrogen) atoms. The molecule has 1 amide bonds. The van der Waals surface area contributed by atoms with Crippen molar-refractivity contribution in [2.75, 3.05) is 5.32 Å². The lowest BCUT2D eigenvalue weighted by molar-refractivity contribution is -0.361. The van der Waals surface area contributed by atoms with Gasteiger partial charge in [-0.2, -0.15) is 43.9 Å². The molecule has 142 valence electrons. The predicted molar refractivity (Wildman–Crippen MR) is 59.4 cm³/mol. The number of halogens is 10. The largest absolute Gasteiger partial charge is 0.499 e. The molecule has 1 aromatic rings. The average Bonchev–Trinajstić information content (AvgIpc) is 2.39. The van der Waals surface area contributed by atoms with E-state index in [1.165, 1.54) is 5.32 Å². The first-order valence-corrected chi connectivity index (χ1v) is 5.72. The average molecular weight is 389 g/mol. The Balaban J connectivity index is 3.18. The zero-order valence-corrected chi connectivity index (χ0v) is 11.3. The van der Waals surface area contributed by atoms with Gasteiger partial charge in [-0.1, -0.05) is 0 Å². The molecule has 0 aliphatic rings. The van der Waals surface area contributed by atoms with E-state index in [4.69, 9.17) is 0 Å². The number of ether oxygens (including phenoxy) is 2. The molecule has 0 aliphatic carbocycles. The van der Waals surface area contributed by atoms with Crippen molar-refractivity contribution in [3.05, 3.63) is 18.2 Å². The van der Waals surface area contributed by atoms with Gasteiger partial charge in [-0.25, -0.2) is 0 Å². The van der Waals surface area contributed by atoms with Crippen LogP contribution in [0, 0.1) is 0 Å². The summed E-state index contributed by atoms with van der Waals surface area (Å²) in [5.74, 6) is -2.66. The smallest absolute Gasteiger partial charge is 0.426 e. The number of rotatable bonds is 6. The van der Waals surface area contributed by atoms with E-state index < -0.39 is 41.8 Å². The third kappa shape index (κ3) is 4.79. The van der Waals surface area contributed by atoms with Crippen molar-refractivity contribution in [2.24, 2.45) is 0 Å². The van der Waals surface area contributed by atoms with Crippen molar-refractivity contribution in [3.63, 3.8) is 0 Å². The molecule has 1 rings (SSSR count). The fourth-order valence-corrected chi connectivity index (χ4v) is 1.24. The number of amides is 1. The van der Waals surface area contributed by atoms with E-state index >= 15 is 0 Å². The summed E-state index contributed by atoms with van der Waals surface area (Å²) in [6.07, 6.45) is -24.0. The summed E-state index contributed by atoms with van der Waals surface area (Å²) >= 11 is 0. The molecule has 0 bridgehead atoms. The Kier molecular flexibility index (Phi) is 5.35. The van der Waals surface area contributed by atoms with Crippen LogP contribution in [0.2, 0.25) is 0 Å². The van der Waals surface area contributed by atoms with Crippen molar-refractivity contribution in [1.82, 2.24) is 0 Å². The molecule has 0 saturated heterocycles. The molecule has 1 N–H and O–H groups in total. The summed E-state index contributed by atoms with van der Waals surface area (Å²) in [6, 6.07) is 0.514. The molecular formula is C11H5F10NO3. The zero-order chi connectivity index (χ0) is 19.7. The van der Waals surface area contributed by atoms with Crippen molar-refractivity contribution in [2.45, 2.75) is 24.6 Å².